The fraction of sp³-hybridized carbons (Fsp3) is 0.650. The highest BCUT2D eigenvalue weighted by molar-refractivity contribution is 5.93. The van der Waals surface area contributed by atoms with E-state index in [1.54, 1.807) is 14.2 Å². The van der Waals surface area contributed by atoms with Crippen molar-refractivity contribution < 1.29 is 14.3 Å². The number of carbonyl (C=O) groups excluding carboxylic acids is 1. The van der Waals surface area contributed by atoms with E-state index in [1.165, 1.54) is 5.56 Å². The molecule has 5 rings (SSSR count). The molecule has 4 fully saturated rings. The van der Waals surface area contributed by atoms with E-state index in [0.29, 0.717) is 5.78 Å². The first-order valence-corrected chi connectivity index (χ1v) is 9.27. The third kappa shape index (κ3) is 2.18. The second-order valence-electron chi connectivity index (χ2n) is 7.89. The molecule has 4 aliphatic heterocycles. The molecule has 4 bridgehead atoms. The molecule has 4 heterocycles. The van der Waals surface area contributed by atoms with Crippen LogP contribution in [0, 0.1) is 10.8 Å². The van der Waals surface area contributed by atoms with Gasteiger partial charge < -0.3 is 9.47 Å². The van der Waals surface area contributed by atoms with Crippen molar-refractivity contribution in [2.45, 2.75) is 32.9 Å². The molecule has 5 nitrogen and oxygen atoms in total. The second-order valence-corrected chi connectivity index (χ2v) is 7.89. The zero-order valence-electron chi connectivity index (χ0n) is 15.7. The van der Waals surface area contributed by atoms with Crippen molar-refractivity contribution in [3.05, 3.63) is 23.8 Å². The maximum atomic E-state index is 13.2. The summed E-state index contributed by atoms with van der Waals surface area (Å²) in [7, 11) is 3.34. The molecule has 0 aliphatic carbocycles. The number of hydrogen-bond acceptors (Lipinski definition) is 5. The minimum atomic E-state index is -0.181. The third-order valence-corrected chi connectivity index (χ3v) is 6.74. The van der Waals surface area contributed by atoms with E-state index >= 15 is 0 Å². The van der Waals surface area contributed by atoms with Gasteiger partial charge in [-0.1, -0.05) is 19.9 Å². The fourth-order valence-corrected chi connectivity index (χ4v) is 5.40. The SMILES string of the molecule is CCC12CN3CC(CC)(CN(C1)C3c1ccc(OC)c(OC)c1)C2=O. The van der Waals surface area contributed by atoms with E-state index in [2.05, 4.69) is 35.8 Å². The first-order chi connectivity index (χ1) is 12.0. The largest absolute Gasteiger partial charge is 0.493 e. The Bertz CT molecular complexity index is 660. The van der Waals surface area contributed by atoms with Gasteiger partial charge in [0.25, 0.3) is 0 Å². The van der Waals surface area contributed by atoms with Gasteiger partial charge in [0.05, 0.1) is 31.2 Å². The standard InChI is InChI=1S/C20H28N2O3/c1-5-19-10-21-12-20(6-2,18(19)23)13-22(11-19)17(21)14-7-8-15(24-3)16(9-14)25-4/h7-9,17H,5-6,10-13H2,1-4H3. The molecule has 1 aromatic rings. The van der Waals surface area contributed by atoms with Crippen LogP contribution in [0.2, 0.25) is 0 Å². The quantitative estimate of drug-likeness (QED) is 0.822. The van der Waals surface area contributed by atoms with Crippen molar-refractivity contribution in [3.63, 3.8) is 0 Å². The van der Waals surface area contributed by atoms with Gasteiger partial charge in [-0.3, -0.25) is 14.6 Å². The van der Waals surface area contributed by atoms with Crippen molar-refractivity contribution in [2.24, 2.45) is 10.8 Å². The van der Waals surface area contributed by atoms with Crippen LogP contribution in [0.3, 0.4) is 0 Å². The summed E-state index contributed by atoms with van der Waals surface area (Å²) in [6, 6.07) is 6.20. The molecule has 0 amide bonds. The number of ketones is 1. The molecule has 0 spiro atoms. The number of nitrogens with zero attached hydrogens (tertiary/aromatic N) is 2. The average molecular weight is 344 g/mol. The third-order valence-electron chi connectivity index (χ3n) is 6.74. The van der Waals surface area contributed by atoms with Gasteiger partial charge in [0.1, 0.15) is 5.78 Å². The highest BCUT2D eigenvalue weighted by Gasteiger charge is 2.64. The summed E-state index contributed by atoms with van der Waals surface area (Å²) in [5, 5.41) is 0. The molecule has 0 unspecified atom stereocenters. The molecule has 4 aliphatic rings. The molecular formula is C20H28N2O3. The van der Waals surface area contributed by atoms with Crippen LogP contribution in [0.25, 0.3) is 0 Å². The van der Waals surface area contributed by atoms with Crippen molar-refractivity contribution in [2.75, 3.05) is 40.4 Å². The number of carbonyl (C=O) groups is 1. The first-order valence-electron chi connectivity index (χ1n) is 9.27. The van der Waals surface area contributed by atoms with Gasteiger partial charge in [-0.05, 0) is 30.5 Å². The van der Waals surface area contributed by atoms with Gasteiger partial charge in [-0.2, -0.15) is 0 Å². The highest BCUT2D eigenvalue weighted by Crippen LogP contribution is 2.55. The normalized spacial score (nSPS) is 38.9. The van der Waals surface area contributed by atoms with Crippen LogP contribution in [0.1, 0.15) is 38.4 Å². The summed E-state index contributed by atoms with van der Waals surface area (Å²) in [5.74, 6) is 2.04. The van der Waals surface area contributed by atoms with Gasteiger partial charge in [0.15, 0.2) is 11.5 Å². The smallest absolute Gasteiger partial charge is 0.161 e. The van der Waals surface area contributed by atoms with Crippen LogP contribution in [0.15, 0.2) is 18.2 Å². The van der Waals surface area contributed by atoms with Gasteiger partial charge in [-0.15, -0.1) is 0 Å². The first kappa shape index (κ1) is 16.9. The average Bonchev–Trinajstić information content (AvgIpc) is 2.64. The maximum absolute atomic E-state index is 13.2. The Morgan fingerprint density at radius 1 is 0.960 bits per heavy atom. The van der Waals surface area contributed by atoms with Gasteiger partial charge in [0.2, 0.25) is 0 Å². The molecular weight excluding hydrogens is 316 g/mol. The van der Waals surface area contributed by atoms with E-state index in [1.807, 2.05) is 6.07 Å². The van der Waals surface area contributed by atoms with E-state index in [4.69, 9.17) is 9.47 Å². The van der Waals surface area contributed by atoms with Gasteiger partial charge in [0, 0.05) is 26.2 Å². The van der Waals surface area contributed by atoms with Crippen LogP contribution >= 0.6 is 0 Å². The minimum absolute atomic E-state index is 0.181. The van der Waals surface area contributed by atoms with Crippen LogP contribution < -0.4 is 9.47 Å². The summed E-state index contributed by atoms with van der Waals surface area (Å²) in [6.45, 7) is 7.84. The Labute approximate surface area is 149 Å². The van der Waals surface area contributed by atoms with Crippen LogP contribution in [0.4, 0.5) is 0 Å². The van der Waals surface area contributed by atoms with E-state index in [9.17, 15) is 4.79 Å². The summed E-state index contributed by atoms with van der Waals surface area (Å²) in [4.78, 5) is 18.3. The summed E-state index contributed by atoms with van der Waals surface area (Å²) in [6.07, 6.45) is 2.09. The number of benzene rings is 1. The zero-order chi connectivity index (χ0) is 17.8. The van der Waals surface area contributed by atoms with Crippen molar-refractivity contribution >= 4 is 5.78 Å². The lowest BCUT2D eigenvalue weighted by Crippen LogP contribution is -2.76. The van der Waals surface area contributed by atoms with E-state index in [-0.39, 0.29) is 17.0 Å². The predicted octanol–water partition coefficient (Wildman–Crippen LogP) is 2.71. The lowest BCUT2D eigenvalue weighted by Gasteiger charge is -2.66. The Morgan fingerprint density at radius 3 is 1.92 bits per heavy atom. The molecule has 0 N–H and O–H groups in total. The predicted molar refractivity (Wildman–Crippen MR) is 95.9 cm³/mol. The molecule has 0 atom stereocenters. The van der Waals surface area contributed by atoms with E-state index < -0.39 is 0 Å². The molecule has 1 aromatic carbocycles. The molecule has 0 saturated carbocycles. The molecule has 136 valence electrons. The summed E-state index contributed by atoms with van der Waals surface area (Å²) < 4.78 is 10.9. The number of ether oxygens (including phenoxy) is 2. The number of methoxy groups -OCH3 is 2. The molecule has 0 radical (unpaired) electrons. The summed E-state index contributed by atoms with van der Waals surface area (Å²) in [5.41, 5.74) is 0.862. The zero-order valence-corrected chi connectivity index (χ0v) is 15.7. The minimum Gasteiger partial charge on any atom is -0.493 e. The van der Waals surface area contributed by atoms with E-state index in [0.717, 1.165) is 50.5 Å². The van der Waals surface area contributed by atoms with Crippen molar-refractivity contribution in [3.8, 4) is 11.5 Å². The van der Waals surface area contributed by atoms with Crippen LogP contribution in [-0.2, 0) is 4.79 Å². The maximum Gasteiger partial charge on any atom is 0.161 e. The fourth-order valence-electron chi connectivity index (χ4n) is 5.40. The molecule has 25 heavy (non-hydrogen) atoms. The molecule has 0 aromatic heterocycles. The lowest BCUT2D eigenvalue weighted by atomic mass is 9.58. The molecule has 4 saturated heterocycles. The topological polar surface area (TPSA) is 42.0 Å². The number of Topliss-reactive ketones (excluding diaryl/α,β-unsaturated/α-hetero) is 1. The number of hydrogen-bond donors (Lipinski definition) is 0. The monoisotopic (exact) mass is 344 g/mol. The number of piperidine rings is 2. The van der Waals surface area contributed by atoms with Crippen molar-refractivity contribution in [1.82, 2.24) is 9.80 Å². The van der Waals surface area contributed by atoms with Crippen LogP contribution in [0.5, 0.6) is 11.5 Å². The van der Waals surface area contributed by atoms with Gasteiger partial charge >= 0.3 is 0 Å². The Morgan fingerprint density at radius 2 is 1.48 bits per heavy atom. The highest BCUT2D eigenvalue weighted by atomic mass is 16.5. The Balaban J connectivity index is 1.73. The Kier molecular flexibility index (Phi) is 3.85. The summed E-state index contributed by atoms with van der Waals surface area (Å²) >= 11 is 0. The number of rotatable bonds is 5. The van der Waals surface area contributed by atoms with Gasteiger partial charge in [-0.25, -0.2) is 0 Å². The second kappa shape index (κ2) is 5.71. The Hall–Kier alpha value is -1.59. The molecule has 5 heteroatoms. The lowest BCUT2D eigenvalue weighted by molar-refractivity contribution is -0.204. The van der Waals surface area contributed by atoms with Crippen molar-refractivity contribution in [1.29, 1.82) is 0 Å². The van der Waals surface area contributed by atoms with Crippen LogP contribution in [-0.4, -0.2) is 56.0 Å².